The third-order valence-corrected chi connectivity index (χ3v) is 7.43. The fourth-order valence-electron chi connectivity index (χ4n) is 4.39. The van der Waals surface area contributed by atoms with Crippen molar-refractivity contribution in [1.29, 1.82) is 0 Å². The number of fused-ring (bicyclic) bond motifs is 1. The predicted molar refractivity (Wildman–Crippen MR) is 144 cm³/mol. The molecule has 1 amide bonds. The molecular formula is C27H34N4O4S. The van der Waals surface area contributed by atoms with Gasteiger partial charge < -0.3 is 25.9 Å². The van der Waals surface area contributed by atoms with Crippen molar-refractivity contribution in [3.63, 3.8) is 0 Å². The average Bonchev–Trinajstić information content (AvgIpc) is 3.79. The second-order valence-corrected chi connectivity index (χ2v) is 10.2. The molecule has 3 heterocycles. The van der Waals surface area contributed by atoms with Gasteiger partial charge in [0.05, 0.1) is 12.1 Å². The van der Waals surface area contributed by atoms with Crippen molar-refractivity contribution in [3.05, 3.63) is 71.2 Å². The molecule has 192 valence electrons. The van der Waals surface area contributed by atoms with Crippen molar-refractivity contribution in [1.82, 2.24) is 15.3 Å². The topological polar surface area (TPSA) is 130 Å². The number of thioether (sulfide) groups is 1. The molecule has 6 rings (SSSR count). The smallest absolute Gasteiger partial charge is 0.253 e. The van der Waals surface area contributed by atoms with Crippen LogP contribution in [0.15, 0.2) is 53.6 Å². The van der Waals surface area contributed by atoms with Crippen molar-refractivity contribution in [2.75, 3.05) is 24.3 Å². The van der Waals surface area contributed by atoms with E-state index in [9.17, 15) is 4.79 Å². The van der Waals surface area contributed by atoms with Crippen LogP contribution in [0.1, 0.15) is 66.3 Å². The number of hydrogen-bond donors (Lipinski definition) is 1. The Morgan fingerprint density at radius 3 is 2.36 bits per heavy atom. The molecule has 3 aliphatic rings. The number of carbonyl (C=O) groups is 1. The van der Waals surface area contributed by atoms with E-state index in [0.717, 1.165) is 23.6 Å². The number of aromatic nitrogens is 2. The molecular weight excluding hydrogens is 476 g/mol. The Labute approximate surface area is 216 Å². The van der Waals surface area contributed by atoms with Crippen LogP contribution in [0, 0.1) is 0 Å². The monoisotopic (exact) mass is 510 g/mol. The van der Waals surface area contributed by atoms with Crippen molar-refractivity contribution >= 4 is 29.2 Å². The highest BCUT2D eigenvalue weighted by Gasteiger charge is 2.32. The summed E-state index contributed by atoms with van der Waals surface area (Å²) in [6, 6.07) is 14.5. The Morgan fingerprint density at radius 1 is 1.08 bits per heavy atom. The maximum absolute atomic E-state index is 12.8. The number of pyridine rings is 2. The SMILES string of the molecule is CSc1ccc(CNC(=O)c2cnc3c(c2)OCCN3c2cc(C3CC3)nc(C3CC3)c2)cc1.O.O.[HH]. The molecule has 8 nitrogen and oxygen atoms in total. The summed E-state index contributed by atoms with van der Waals surface area (Å²) in [5.74, 6) is 2.48. The molecule has 2 aromatic heterocycles. The van der Waals surface area contributed by atoms with Crippen molar-refractivity contribution in [2.24, 2.45) is 0 Å². The number of nitrogens with one attached hydrogen (secondary N) is 1. The lowest BCUT2D eigenvalue weighted by molar-refractivity contribution is 0.0950. The summed E-state index contributed by atoms with van der Waals surface area (Å²) < 4.78 is 5.93. The molecule has 1 aliphatic heterocycles. The zero-order chi connectivity index (χ0) is 23.1. The van der Waals surface area contributed by atoms with Gasteiger partial charge in [-0.1, -0.05) is 12.1 Å². The van der Waals surface area contributed by atoms with Crippen LogP contribution < -0.4 is 15.0 Å². The van der Waals surface area contributed by atoms with E-state index in [4.69, 9.17) is 9.72 Å². The number of hydrogen-bond acceptors (Lipinski definition) is 6. The van der Waals surface area contributed by atoms with E-state index in [2.05, 4.69) is 45.7 Å². The maximum Gasteiger partial charge on any atom is 0.253 e. The standard InChI is InChI=1S/C27H28N4O2S.2H2O.H2/c1-34-22-8-2-17(3-9-22)15-29-27(32)20-12-25-26(28-16-20)31(10-11-33-25)21-13-23(18-4-5-18)30-24(14-21)19-6-7-19;;;/h2-3,8-9,12-14,16,18-19H,4-7,10-11,15H2,1H3,(H,29,32);2*1H2;1H. The second kappa shape index (κ2) is 10.9. The lowest BCUT2D eigenvalue weighted by Gasteiger charge is -2.30. The Balaban J connectivity index is 0.00000127. The summed E-state index contributed by atoms with van der Waals surface area (Å²) in [4.78, 5) is 25.9. The van der Waals surface area contributed by atoms with Gasteiger partial charge in [0, 0.05) is 48.0 Å². The van der Waals surface area contributed by atoms with E-state index in [1.807, 2.05) is 18.2 Å². The molecule has 0 unspecified atom stereocenters. The van der Waals surface area contributed by atoms with Crippen LogP contribution >= 0.6 is 11.8 Å². The number of carbonyl (C=O) groups excluding carboxylic acids is 1. The summed E-state index contributed by atoms with van der Waals surface area (Å²) >= 11 is 1.70. The normalized spacial score (nSPS) is 16.2. The summed E-state index contributed by atoms with van der Waals surface area (Å²) in [7, 11) is 0. The van der Waals surface area contributed by atoms with E-state index < -0.39 is 0 Å². The highest BCUT2D eigenvalue weighted by atomic mass is 32.2. The molecule has 0 spiro atoms. The van der Waals surface area contributed by atoms with Gasteiger partial charge in [-0.05, 0) is 67.8 Å². The quantitative estimate of drug-likeness (QED) is 0.478. The van der Waals surface area contributed by atoms with E-state index in [0.29, 0.717) is 36.3 Å². The van der Waals surface area contributed by atoms with Crippen LogP contribution in [0.25, 0.3) is 0 Å². The zero-order valence-corrected chi connectivity index (χ0v) is 21.1. The molecule has 1 aromatic carbocycles. The first-order chi connectivity index (χ1) is 16.7. The Morgan fingerprint density at radius 2 is 1.75 bits per heavy atom. The van der Waals surface area contributed by atoms with Gasteiger partial charge in [0.25, 0.3) is 5.91 Å². The summed E-state index contributed by atoms with van der Waals surface area (Å²) in [6.45, 7) is 1.76. The molecule has 0 radical (unpaired) electrons. The van der Waals surface area contributed by atoms with Crippen molar-refractivity contribution < 1.29 is 21.9 Å². The highest BCUT2D eigenvalue weighted by Crippen LogP contribution is 2.46. The second-order valence-electron chi connectivity index (χ2n) is 9.30. The molecule has 5 N–H and O–H groups in total. The molecule has 9 heteroatoms. The summed E-state index contributed by atoms with van der Waals surface area (Å²) in [6.07, 6.45) is 8.64. The molecule has 3 aromatic rings. The number of nitrogens with zero attached hydrogens (tertiary/aromatic N) is 3. The van der Waals surface area contributed by atoms with Crippen LogP contribution in [0.2, 0.25) is 0 Å². The molecule has 0 atom stereocenters. The number of benzene rings is 1. The largest absolute Gasteiger partial charge is 0.488 e. The van der Waals surface area contributed by atoms with Gasteiger partial charge in [-0.15, -0.1) is 11.8 Å². The van der Waals surface area contributed by atoms with Gasteiger partial charge in [-0.3, -0.25) is 9.78 Å². The Hall–Kier alpha value is -3.14. The molecule has 0 bridgehead atoms. The van der Waals surface area contributed by atoms with Gasteiger partial charge in [0.1, 0.15) is 6.61 Å². The number of ether oxygens (including phenoxy) is 1. The molecule has 0 saturated heterocycles. The van der Waals surface area contributed by atoms with Crippen molar-refractivity contribution in [3.8, 4) is 5.75 Å². The minimum atomic E-state index is -0.152. The zero-order valence-electron chi connectivity index (χ0n) is 20.3. The number of anilines is 2. The van der Waals surface area contributed by atoms with Crippen LogP contribution in [-0.2, 0) is 6.54 Å². The number of rotatable bonds is 7. The van der Waals surface area contributed by atoms with Crippen molar-refractivity contribution in [2.45, 2.75) is 49.0 Å². The van der Waals surface area contributed by atoms with Crippen LogP contribution in [0.5, 0.6) is 5.75 Å². The minimum Gasteiger partial charge on any atom is -0.488 e. The Bertz CT molecular complexity index is 1210. The lowest BCUT2D eigenvalue weighted by Crippen LogP contribution is -2.30. The first-order valence-electron chi connectivity index (χ1n) is 12.0. The van der Waals surface area contributed by atoms with E-state index in [1.54, 1.807) is 18.0 Å². The van der Waals surface area contributed by atoms with Crippen LogP contribution in [0.4, 0.5) is 11.5 Å². The van der Waals surface area contributed by atoms with E-state index in [1.165, 1.54) is 42.0 Å². The molecule has 2 saturated carbocycles. The number of amides is 1. The molecule has 2 aliphatic carbocycles. The first kappa shape index (κ1) is 25.9. The third kappa shape index (κ3) is 5.48. The third-order valence-electron chi connectivity index (χ3n) is 6.69. The Kier molecular flexibility index (Phi) is 7.82. The maximum atomic E-state index is 12.8. The predicted octanol–water partition coefficient (Wildman–Crippen LogP) is 4.01. The van der Waals surface area contributed by atoms with Gasteiger partial charge in [0.2, 0.25) is 0 Å². The minimum absolute atomic E-state index is 0. The van der Waals surface area contributed by atoms with Crippen LogP contribution in [-0.4, -0.2) is 46.2 Å². The summed E-state index contributed by atoms with van der Waals surface area (Å²) in [5, 5.41) is 2.99. The molecule has 2 fully saturated rings. The van der Waals surface area contributed by atoms with Gasteiger partial charge >= 0.3 is 0 Å². The highest BCUT2D eigenvalue weighted by molar-refractivity contribution is 7.98. The van der Waals surface area contributed by atoms with Gasteiger partial charge in [0.15, 0.2) is 11.6 Å². The average molecular weight is 511 g/mol. The fraction of sp³-hybridized carbons (Fsp3) is 0.370. The summed E-state index contributed by atoms with van der Waals surface area (Å²) in [5.41, 5.74) is 5.15. The van der Waals surface area contributed by atoms with Crippen LogP contribution in [0.3, 0.4) is 0 Å². The first-order valence-corrected chi connectivity index (χ1v) is 13.2. The lowest BCUT2D eigenvalue weighted by atomic mass is 10.1. The fourth-order valence-corrected chi connectivity index (χ4v) is 4.80. The van der Waals surface area contributed by atoms with Gasteiger partial charge in [-0.2, -0.15) is 0 Å². The van der Waals surface area contributed by atoms with Gasteiger partial charge in [-0.25, -0.2) is 4.98 Å². The van der Waals surface area contributed by atoms with E-state index in [-0.39, 0.29) is 18.3 Å². The van der Waals surface area contributed by atoms with E-state index >= 15 is 0 Å². The molecule has 36 heavy (non-hydrogen) atoms.